The lowest BCUT2D eigenvalue weighted by atomic mass is 10.1. The van der Waals surface area contributed by atoms with Crippen LogP contribution in [-0.4, -0.2) is 24.4 Å². The lowest BCUT2D eigenvalue weighted by Crippen LogP contribution is -2.40. The van der Waals surface area contributed by atoms with E-state index in [0.29, 0.717) is 6.54 Å². The number of hydrogen-bond acceptors (Lipinski definition) is 3. The molecule has 0 spiro atoms. The predicted molar refractivity (Wildman–Crippen MR) is 78.7 cm³/mol. The molecule has 0 saturated heterocycles. The van der Waals surface area contributed by atoms with Gasteiger partial charge in [0.25, 0.3) is 0 Å². The smallest absolute Gasteiger partial charge is 0.240 e. The summed E-state index contributed by atoms with van der Waals surface area (Å²) in [5.41, 5.74) is 6.04. The zero-order valence-corrected chi connectivity index (χ0v) is 12.4. The fraction of sp³-hybridized carbons (Fsp3) is 0.385. The quantitative estimate of drug-likeness (QED) is 0.711. The fourth-order valence-electron chi connectivity index (χ4n) is 1.52. The van der Waals surface area contributed by atoms with Gasteiger partial charge in [0.2, 0.25) is 11.8 Å². The van der Waals surface area contributed by atoms with Crippen LogP contribution in [0.1, 0.15) is 19.8 Å². The Kier molecular flexibility index (Phi) is 6.35. The van der Waals surface area contributed by atoms with Gasteiger partial charge in [0.15, 0.2) is 0 Å². The number of primary amides is 1. The molecule has 1 atom stereocenters. The number of hydrogen-bond donors (Lipinski definition) is 3. The number of carbonyl (C=O) groups is 2. The van der Waals surface area contributed by atoms with Crippen LogP contribution in [0.3, 0.4) is 0 Å². The van der Waals surface area contributed by atoms with Crippen LogP contribution in [0, 0.1) is 0 Å². The van der Waals surface area contributed by atoms with E-state index in [9.17, 15) is 9.59 Å². The highest BCUT2D eigenvalue weighted by Crippen LogP contribution is 2.17. The van der Waals surface area contributed by atoms with Gasteiger partial charge in [-0.05, 0) is 24.6 Å². The van der Waals surface area contributed by atoms with Gasteiger partial charge in [-0.1, -0.05) is 28.9 Å². The number of carbonyl (C=O) groups excluding carboxylic acids is 2. The summed E-state index contributed by atoms with van der Waals surface area (Å²) in [4.78, 5) is 23.0. The highest BCUT2D eigenvalue weighted by molar-refractivity contribution is 9.10. The summed E-state index contributed by atoms with van der Waals surface area (Å²) in [5.74, 6) is -0.736. The van der Waals surface area contributed by atoms with Crippen molar-refractivity contribution in [1.82, 2.24) is 5.32 Å². The van der Waals surface area contributed by atoms with E-state index in [-0.39, 0.29) is 12.3 Å². The summed E-state index contributed by atoms with van der Waals surface area (Å²) in [7, 11) is 0. The van der Waals surface area contributed by atoms with Crippen LogP contribution in [0.25, 0.3) is 0 Å². The first-order valence-corrected chi connectivity index (χ1v) is 6.90. The largest absolute Gasteiger partial charge is 0.373 e. The van der Waals surface area contributed by atoms with Gasteiger partial charge in [0.05, 0.1) is 6.42 Å². The van der Waals surface area contributed by atoms with Crippen molar-refractivity contribution >= 4 is 33.4 Å². The van der Waals surface area contributed by atoms with E-state index in [0.717, 1.165) is 16.6 Å². The highest BCUT2D eigenvalue weighted by atomic mass is 79.9. The van der Waals surface area contributed by atoms with Crippen LogP contribution in [-0.2, 0) is 9.59 Å². The van der Waals surface area contributed by atoms with Gasteiger partial charge < -0.3 is 16.4 Å². The van der Waals surface area contributed by atoms with E-state index in [4.69, 9.17) is 5.73 Å². The topological polar surface area (TPSA) is 84.2 Å². The molecule has 0 aliphatic heterocycles. The number of nitrogens with two attached hydrogens (primary N) is 1. The maximum atomic E-state index is 11.6. The molecule has 0 fully saturated rings. The number of anilines is 1. The molecule has 1 aromatic rings. The minimum Gasteiger partial charge on any atom is -0.373 e. The molecule has 0 aromatic heterocycles. The molecule has 104 valence electrons. The van der Waals surface area contributed by atoms with Gasteiger partial charge in [-0.2, -0.15) is 0 Å². The Morgan fingerprint density at radius 1 is 1.42 bits per heavy atom. The van der Waals surface area contributed by atoms with Crippen LogP contribution in [0.2, 0.25) is 0 Å². The third-order valence-electron chi connectivity index (χ3n) is 2.47. The van der Waals surface area contributed by atoms with Gasteiger partial charge in [-0.15, -0.1) is 0 Å². The first-order chi connectivity index (χ1) is 9.02. The number of rotatable bonds is 7. The Bertz CT molecular complexity index is 451. The number of halogens is 1. The van der Waals surface area contributed by atoms with Gasteiger partial charge in [-0.3, -0.25) is 9.59 Å². The Labute approximate surface area is 121 Å². The van der Waals surface area contributed by atoms with Crippen LogP contribution in [0.5, 0.6) is 0 Å². The molecule has 4 N–H and O–H groups in total. The second-order valence-electron chi connectivity index (χ2n) is 4.16. The Balaban J connectivity index is 2.63. The molecule has 1 rings (SSSR count). The summed E-state index contributed by atoms with van der Waals surface area (Å²) in [6.07, 6.45) is 0.883. The first kappa shape index (κ1) is 15.5. The molecule has 2 amide bonds. The van der Waals surface area contributed by atoms with Gasteiger partial charge in [0, 0.05) is 16.7 Å². The lowest BCUT2D eigenvalue weighted by Gasteiger charge is -2.16. The lowest BCUT2D eigenvalue weighted by molar-refractivity contribution is -0.125. The van der Waals surface area contributed by atoms with Crippen LogP contribution in [0.15, 0.2) is 28.7 Å². The summed E-state index contributed by atoms with van der Waals surface area (Å²) in [6.45, 7) is 2.56. The van der Waals surface area contributed by atoms with Crippen molar-refractivity contribution < 1.29 is 9.59 Å². The minimum absolute atomic E-state index is 0.0296. The molecule has 0 bridgehead atoms. The molecule has 0 radical (unpaired) electrons. The third-order valence-corrected chi connectivity index (χ3v) is 2.96. The SMILES string of the molecule is CCCNC(=O)CC(Nc1cccc(Br)c1)C(N)=O. The molecule has 0 aliphatic carbocycles. The molecule has 1 unspecified atom stereocenters. The Morgan fingerprint density at radius 3 is 2.74 bits per heavy atom. The van der Waals surface area contributed by atoms with Gasteiger partial charge >= 0.3 is 0 Å². The molecule has 0 heterocycles. The second kappa shape index (κ2) is 7.78. The van der Waals surface area contributed by atoms with E-state index in [1.165, 1.54) is 0 Å². The van der Waals surface area contributed by atoms with Crippen LogP contribution >= 0.6 is 15.9 Å². The standard InChI is InChI=1S/C13H18BrN3O2/c1-2-6-16-12(18)8-11(13(15)19)17-10-5-3-4-9(14)7-10/h3-5,7,11,17H,2,6,8H2,1H3,(H2,15,19)(H,16,18). The van der Waals surface area contributed by atoms with Crippen molar-refractivity contribution in [2.75, 3.05) is 11.9 Å². The van der Waals surface area contributed by atoms with Crippen molar-refractivity contribution in [2.24, 2.45) is 5.73 Å². The van der Waals surface area contributed by atoms with Crippen molar-refractivity contribution in [3.8, 4) is 0 Å². The van der Waals surface area contributed by atoms with Crippen molar-refractivity contribution in [2.45, 2.75) is 25.8 Å². The molecule has 19 heavy (non-hydrogen) atoms. The molecular formula is C13H18BrN3O2. The van der Waals surface area contributed by atoms with E-state index >= 15 is 0 Å². The maximum absolute atomic E-state index is 11.6. The predicted octanol–water partition coefficient (Wildman–Crippen LogP) is 1.63. The zero-order valence-electron chi connectivity index (χ0n) is 10.8. The number of amides is 2. The third kappa shape index (κ3) is 5.74. The summed E-state index contributed by atoms with van der Waals surface area (Å²) >= 11 is 3.34. The molecule has 5 nitrogen and oxygen atoms in total. The normalized spacial score (nSPS) is 11.7. The van der Waals surface area contributed by atoms with E-state index < -0.39 is 11.9 Å². The highest BCUT2D eigenvalue weighted by Gasteiger charge is 2.19. The summed E-state index contributed by atoms with van der Waals surface area (Å²) in [6, 6.07) is 6.62. The van der Waals surface area contributed by atoms with Crippen molar-refractivity contribution in [1.29, 1.82) is 0 Å². The number of nitrogens with one attached hydrogen (secondary N) is 2. The van der Waals surface area contributed by atoms with E-state index in [1.54, 1.807) is 0 Å². The Morgan fingerprint density at radius 2 is 2.16 bits per heavy atom. The molecule has 0 aliphatic rings. The van der Waals surface area contributed by atoms with E-state index in [1.807, 2.05) is 31.2 Å². The van der Waals surface area contributed by atoms with Crippen molar-refractivity contribution in [3.63, 3.8) is 0 Å². The van der Waals surface area contributed by atoms with Crippen LogP contribution in [0.4, 0.5) is 5.69 Å². The van der Waals surface area contributed by atoms with Crippen LogP contribution < -0.4 is 16.4 Å². The first-order valence-electron chi connectivity index (χ1n) is 6.11. The van der Waals surface area contributed by atoms with E-state index in [2.05, 4.69) is 26.6 Å². The average Bonchev–Trinajstić information content (AvgIpc) is 2.35. The van der Waals surface area contributed by atoms with Crippen molar-refractivity contribution in [3.05, 3.63) is 28.7 Å². The maximum Gasteiger partial charge on any atom is 0.240 e. The van der Waals surface area contributed by atoms with Gasteiger partial charge in [-0.25, -0.2) is 0 Å². The molecular weight excluding hydrogens is 310 g/mol. The van der Waals surface area contributed by atoms with Gasteiger partial charge in [0.1, 0.15) is 6.04 Å². The minimum atomic E-state index is -0.717. The zero-order chi connectivity index (χ0) is 14.3. The fourth-order valence-corrected chi connectivity index (χ4v) is 1.92. The Hall–Kier alpha value is -1.56. The summed E-state index contributed by atoms with van der Waals surface area (Å²) < 4.78 is 0.885. The molecule has 6 heteroatoms. The monoisotopic (exact) mass is 327 g/mol. The average molecular weight is 328 g/mol. The number of benzene rings is 1. The second-order valence-corrected chi connectivity index (χ2v) is 5.08. The summed E-state index contributed by atoms with van der Waals surface area (Å²) in [5, 5.41) is 5.68. The molecule has 0 saturated carbocycles. The molecule has 1 aromatic carbocycles.